The summed E-state index contributed by atoms with van der Waals surface area (Å²) in [6, 6.07) is 37.5. The van der Waals surface area contributed by atoms with Crippen molar-refractivity contribution >= 4 is 11.4 Å². The fourth-order valence-corrected chi connectivity index (χ4v) is 2.87. The molecule has 0 heterocycles. The van der Waals surface area contributed by atoms with Crippen molar-refractivity contribution in [2.45, 2.75) is 0 Å². The van der Waals surface area contributed by atoms with Gasteiger partial charge >= 0.3 is 0 Å². The van der Waals surface area contributed by atoms with E-state index < -0.39 is 0 Å². The molecule has 4 aromatic rings. The topological polar surface area (TPSA) is 14.1 Å². The second-order valence-electron chi connectivity index (χ2n) is 5.94. The van der Waals surface area contributed by atoms with Gasteiger partial charge in [-0.1, -0.05) is 109 Å². The molecule has 0 bridgehead atoms. The molecular weight excluding hydrogens is 302 g/mol. The first-order valence-corrected chi connectivity index (χ1v) is 8.41. The zero-order valence-corrected chi connectivity index (χ0v) is 13.8. The van der Waals surface area contributed by atoms with Crippen molar-refractivity contribution in [1.29, 1.82) is 0 Å². The van der Waals surface area contributed by atoms with Crippen molar-refractivity contribution in [2.75, 3.05) is 0 Å². The minimum absolute atomic E-state index is 0.965. The molecule has 0 saturated heterocycles. The van der Waals surface area contributed by atoms with Crippen molar-refractivity contribution in [2.24, 2.45) is 0 Å². The number of nitrogens with zero attached hydrogens (tertiary/aromatic N) is 1. The van der Waals surface area contributed by atoms with Gasteiger partial charge in [0.05, 0.1) is 0 Å². The zero-order chi connectivity index (χ0) is 16.9. The molecule has 0 spiro atoms. The first kappa shape index (κ1) is 15.2. The fraction of sp³-hybridized carbons (Fsp3) is 0. The van der Waals surface area contributed by atoms with Crippen LogP contribution in [0.2, 0.25) is 0 Å². The van der Waals surface area contributed by atoms with Crippen LogP contribution in [0.4, 0.5) is 11.4 Å². The normalized spacial score (nSPS) is 10.4. The van der Waals surface area contributed by atoms with Crippen molar-refractivity contribution in [3.63, 3.8) is 0 Å². The monoisotopic (exact) mass is 320 g/mol. The Morgan fingerprint density at radius 2 is 0.640 bits per heavy atom. The summed E-state index contributed by atoms with van der Waals surface area (Å²) in [4.78, 5) is 0. The highest BCUT2D eigenvalue weighted by Crippen LogP contribution is 2.33. The number of hydrogen-bond donors (Lipinski definition) is 0. The molecule has 120 valence electrons. The lowest BCUT2D eigenvalue weighted by atomic mass is 10.0. The molecule has 0 aliphatic rings. The highest BCUT2D eigenvalue weighted by Gasteiger charge is 1.96. The molecule has 0 N–H and O–H groups in total. The Kier molecular flexibility index (Phi) is 4.30. The lowest BCUT2D eigenvalue weighted by Gasteiger charge is -2.23. The highest BCUT2D eigenvalue weighted by atomic mass is 14.9. The van der Waals surface area contributed by atoms with Crippen molar-refractivity contribution in [3.05, 3.63) is 115 Å². The van der Waals surface area contributed by atoms with Gasteiger partial charge in [0.25, 0.3) is 0 Å². The van der Waals surface area contributed by atoms with Crippen LogP contribution in [0.15, 0.2) is 109 Å². The van der Waals surface area contributed by atoms with Gasteiger partial charge in [0, 0.05) is 0 Å². The van der Waals surface area contributed by atoms with Gasteiger partial charge < -0.3 is 5.32 Å². The van der Waals surface area contributed by atoms with Gasteiger partial charge in [0.15, 0.2) is 0 Å². The van der Waals surface area contributed by atoms with Crippen LogP contribution in [0.3, 0.4) is 0 Å². The maximum Gasteiger partial charge on any atom is -0.0184 e. The molecule has 0 saturated carbocycles. The van der Waals surface area contributed by atoms with E-state index >= 15 is 0 Å². The Hall–Kier alpha value is -3.32. The van der Waals surface area contributed by atoms with Gasteiger partial charge in [-0.3, -0.25) is 0 Å². The van der Waals surface area contributed by atoms with E-state index in [4.69, 9.17) is 5.32 Å². The summed E-state index contributed by atoms with van der Waals surface area (Å²) in [6.45, 7) is 0. The van der Waals surface area contributed by atoms with Crippen molar-refractivity contribution in [3.8, 4) is 22.3 Å². The van der Waals surface area contributed by atoms with E-state index in [1.165, 1.54) is 22.3 Å². The van der Waals surface area contributed by atoms with Gasteiger partial charge in [0.1, 0.15) is 0 Å². The SMILES string of the molecule is c1ccc(-c2ccc([N-]c3ccc(-c4ccccc4)cc3)cc2)cc1. The maximum absolute atomic E-state index is 4.71. The highest BCUT2D eigenvalue weighted by molar-refractivity contribution is 5.73. The van der Waals surface area contributed by atoms with Gasteiger partial charge in [-0.2, -0.15) is 0 Å². The Balaban J connectivity index is 1.49. The zero-order valence-electron chi connectivity index (χ0n) is 13.8. The van der Waals surface area contributed by atoms with E-state index in [1.54, 1.807) is 0 Å². The third kappa shape index (κ3) is 3.61. The number of rotatable bonds is 4. The standard InChI is InChI=1S/C24H18N/c1-3-7-19(8-4-1)21-11-15-23(16-12-21)25-24-17-13-22(14-18-24)20-9-5-2-6-10-20/h1-18H/q-1. The van der Waals surface area contributed by atoms with E-state index in [0.29, 0.717) is 0 Å². The van der Waals surface area contributed by atoms with Gasteiger partial charge in [-0.05, 0) is 22.3 Å². The molecule has 25 heavy (non-hydrogen) atoms. The summed E-state index contributed by atoms with van der Waals surface area (Å²) in [7, 11) is 0. The Bertz CT molecular complexity index is 844. The molecule has 0 fully saturated rings. The van der Waals surface area contributed by atoms with Crippen LogP contribution in [0.25, 0.3) is 27.6 Å². The largest absolute Gasteiger partial charge is 0.658 e. The molecular formula is C24H18N-. The van der Waals surface area contributed by atoms with Crippen LogP contribution >= 0.6 is 0 Å². The smallest absolute Gasteiger partial charge is 0.0184 e. The molecule has 4 aromatic carbocycles. The molecule has 0 amide bonds. The summed E-state index contributed by atoms with van der Waals surface area (Å²) in [5, 5.41) is 4.71. The molecule has 4 rings (SSSR count). The predicted octanol–water partition coefficient (Wildman–Crippen LogP) is 7.36. The van der Waals surface area contributed by atoms with E-state index in [0.717, 1.165) is 11.4 Å². The van der Waals surface area contributed by atoms with E-state index in [9.17, 15) is 0 Å². The quantitative estimate of drug-likeness (QED) is 0.373. The molecule has 1 heteroatoms. The molecule has 0 aliphatic carbocycles. The third-order valence-electron chi connectivity index (χ3n) is 4.21. The first-order valence-electron chi connectivity index (χ1n) is 8.41. The average Bonchev–Trinajstić information content (AvgIpc) is 2.71. The molecule has 1 nitrogen and oxygen atoms in total. The van der Waals surface area contributed by atoms with Gasteiger partial charge in [0.2, 0.25) is 0 Å². The summed E-state index contributed by atoms with van der Waals surface area (Å²) in [5.74, 6) is 0. The van der Waals surface area contributed by atoms with E-state index in [-0.39, 0.29) is 0 Å². The molecule has 0 aliphatic heterocycles. The minimum Gasteiger partial charge on any atom is -0.658 e. The maximum atomic E-state index is 4.71. The lowest BCUT2D eigenvalue weighted by molar-refractivity contribution is 1.58. The van der Waals surface area contributed by atoms with Crippen LogP contribution in [0, 0.1) is 0 Å². The molecule has 0 atom stereocenters. The van der Waals surface area contributed by atoms with Crippen LogP contribution in [-0.4, -0.2) is 0 Å². The number of benzene rings is 4. The number of hydrogen-bond acceptors (Lipinski definition) is 0. The third-order valence-corrected chi connectivity index (χ3v) is 4.21. The Labute approximate surface area is 148 Å². The molecule has 0 unspecified atom stereocenters. The Morgan fingerprint density at radius 1 is 0.320 bits per heavy atom. The second-order valence-corrected chi connectivity index (χ2v) is 5.94. The van der Waals surface area contributed by atoms with Gasteiger partial charge in [-0.25, -0.2) is 0 Å². The van der Waals surface area contributed by atoms with Crippen molar-refractivity contribution < 1.29 is 0 Å². The second kappa shape index (κ2) is 7.06. The van der Waals surface area contributed by atoms with Crippen LogP contribution in [-0.2, 0) is 0 Å². The predicted molar refractivity (Wildman–Crippen MR) is 106 cm³/mol. The lowest BCUT2D eigenvalue weighted by Crippen LogP contribution is -1.77. The fourth-order valence-electron chi connectivity index (χ4n) is 2.87. The summed E-state index contributed by atoms with van der Waals surface area (Å²) in [5.41, 5.74) is 6.79. The molecule has 0 aromatic heterocycles. The first-order chi connectivity index (χ1) is 12.4. The summed E-state index contributed by atoms with van der Waals surface area (Å²) < 4.78 is 0. The van der Waals surface area contributed by atoms with Gasteiger partial charge in [-0.15, -0.1) is 11.4 Å². The van der Waals surface area contributed by atoms with Crippen LogP contribution < -0.4 is 0 Å². The van der Waals surface area contributed by atoms with Crippen LogP contribution in [0.1, 0.15) is 0 Å². The summed E-state index contributed by atoms with van der Waals surface area (Å²) in [6.07, 6.45) is 0. The average molecular weight is 320 g/mol. The van der Waals surface area contributed by atoms with Crippen LogP contribution in [0.5, 0.6) is 0 Å². The van der Waals surface area contributed by atoms with E-state index in [1.807, 2.05) is 12.1 Å². The summed E-state index contributed by atoms with van der Waals surface area (Å²) >= 11 is 0. The van der Waals surface area contributed by atoms with E-state index in [2.05, 4.69) is 97.1 Å². The van der Waals surface area contributed by atoms with Crippen molar-refractivity contribution in [1.82, 2.24) is 0 Å². The minimum atomic E-state index is 0.965. The Morgan fingerprint density at radius 3 is 1.00 bits per heavy atom. The molecule has 0 radical (unpaired) electrons.